The zero-order chi connectivity index (χ0) is 10.5. The number of rotatable bonds is 3. The molecule has 0 unspecified atom stereocenters. The Morgan fingerprint density at radius 1 is 1.20 bits per heavy atom. The summed E-state index contributed by atoms with van der Waals surface area (Å²) in [5.74, 6) is 1.73. The fraction of sp³-hybridized carbons (Fsp3) is 0.500. The topological polar surface area (TPSA) is 32.6 Å². The molecular weight excluding hydrogens is 190 g/mol. The van der Waals surface area contributed by atoms with Crippen LogP contribution in [0.2, 0.25) is 0 Å². The fourth-order valence-corrected chi connectivity index (χ4v) is 1.71. The molecule has 15 heavy (non-hydrogen) atoms. The van der Waals surface area contributed by atoms with Gasteiger partial charge in [0.2, 0.25) is 0 Å². The molecule has 0 saturated carbocycles. The van der Waals surface area contributed by atoms with Crippen molar-refractivity contribution in [3.8, 4) is 11.5 Å². The van der Waals surface area contributed by atoms with Crippen molar-refractivity contribution in [1.29, 1.82) is 0 Å². The molecule has 0 atom stereocenters. The van der Waals surface area contributed by atoms with E-state index in [0.29, 0.717) is 6.10 Å². The van der Waals surface area contributed by atoms with Gasteiger partial charge in [-0.1, -0.05) is 6.07 Å². The van der Waals surface area contributed by atoms with Crippen molar-refractivity contribution in [2.45, 2.75) is 18.9 Å². The first kappa shape index (κ1) is 10.3. The van der Waals surface area contributed by atoms with E-state index >= 15 is 0 Å². The van der Waals surface area contributed by atoms with Crippen LogP contribution >= 0.6 is 0 Å². The van der Waals surface area contributed by atoms with Gasteiger partial charge in [0, 0.05) is 19.2 Å². The van der Waals surface area contributed by atoms with Gasteiger partial charge in [-0.2, -0.15) is 0 Å². The first-order valence-electron chi connectivity index (χ1n) is 5.32. The van der Waals surface area contributed by atoms with E-state index in [0.717, 1.165) is 37.4 Å². The van der Waals surface area contributed by atoms with Gasteiger partial charge in [-0.05, 0) is 25.0 Å². The highest BCUT2D eigenvalue weighted by Gasteiger charge is 2.15. The molecule has 1 radical (unpaired) electrons. The van der Waals surface area contributed by atoms with Gasteiger partial charge < -0.3 is 9.47 Å². The van der Waals surface area contributed by atoms with Crippen LogP contribution in [0.4, 0.5) is 0 Å². The van der Waals surface area contributed by atoms with E-state index in [1.807, 2.05) is 24.3 Å². The second-order valence-electron chi connectivity index (χ2n) is 3.67. The first-order chi connectivity index (χ1) is 7.38. The number of hydrogen-bond acceptors (Lipinski definition) is 2. The molecule has 2 rings (SSSR count). The number of hydrogen-bond donors (Lipinski definition) is 0. The zero-order valence-corrected chi connectivity index (χ0v) is 8.98. The largest absolute Gasteiger partial charge is 0.497 e. The van der Waals surface area contributed by atoms with Crippen LogP contribution in [0.15, 0.2) is 24.3 Å². The van der Waals surface area contributed by atoms with E-state index in [4.69, 9.17) is 9.47 Å². The lowest BCUT2D eigenvalue weighted by molar-refractivity contribution is 0.161. The highest BCUT2D eigenvalue weighted by molar-refractivity contribution is 5.32. The summed E-state index contributed by atoms with van der Waals surface area (Å²) in [5, 5.41) is 4.30. The van der Waals surface area contributed by atoms with Crippen LogP contribution in [-0.2, 0) is 0 Å². The van der Waals surface area contributed by atoms with E-state index in [-0.39, 0.29) is 0 Å². The molecule has 1 aliphatic heterocycles. The van der Waals surface area contributed by atoms with E-state index in [2.05, 4.69) is 5.32 Å². The zero-order valence-electron chi connectivity index (χ0n) is 8.98. The lowest BCUT2D eigenvalue weighted by Gasteiger charge is -2.23. The molecule has 0 spiro atoms. The van der Waals surface area contributed by atoms with Gasteiger partial charge in [-0.15, -0.1) is 0 Å². The maximum absolute atomic E-state index is 5.86. The molecule has 1 aromatic carbocycles. The van der Waals surface area contributed by atoms with Crippen LogP contribution in [0, 0.1) is 0 Å². The van der Waals surface area contributed by atoms with Crippen molar-refractivity contribution < 1.29 is 9.47 Å². The van der Waals surface area contributed by atoms with Gasteiger partial charge >= 0.3 is 0 Å². The molecule has 1 saturated heterocycles. The smallest absolute Gasteiger partial charge is 0.123 e. The monoisotopic (exact) mass is 206 g/mol. The minimum Gasteiger partial charge on any atom is -0.497 e. The summed E-state index contributed by atoms with van der Waals surface area (Å²) in [5.41, 5.74) is 0. The highest BCUT2D eigenvalue weighted by Crippen LogP contribution is 2.21. The average molecular weight is 206 g/mol. The molecule has 0 amide bonds. The summed E-state index contributed by atoms with van der Waals surface area (Å²) in [4.78, 5) is 0. The molecule has 0 aromatic heterocycles. The Kier molecular flexibility index (Phi) is 3.45. The Balaban J connectivity index is 1.96. The molecule has 1 aromatic rings. The van der Waals surface area contributed by atoms with Crippen molar-refractivity contribution >= 4 is 0 Å². The summed E-state index contributed by atoms with van der Waals surface area (Å²) in [6.07, 6.45) is 2.36. The molecule has 1 aliphatic rings. The van der Waals surface area contributed by atoms with Crippen LogP contribution < -0.4 is 14.8 Å². The number of methoxy groups -OCH3 is 1. The molecule has 3 heteroatoms. The minimum absolute atomic E-state index is 0.314. The van der Waals surface area contributed by atoms with Crippen LogP contribution in [0.1, 0.15) is 12.8 Å². The average Bonchev–Trinajstić information content (AvgIpc) is 2.31. The van der Waals surface area contributed by atoms with E-state index in [9.17, 15) is 0 Å². The van der Waals surface area contributed by atoms with Crippen molar-refractivity contribution in [1.82, 2.24) is 5.32 Å². The quantitative estimate of drug-likeness (QED) is 0.756. The summed E-state index contributed by atoms with van der Waals surface area (Å²) in [6.45, 7) is 1.85. The van der Waals surface area contributed by atoms with E-state index in [1.165, 1.54) is 0 Å². The molecule has 1 heterocycles. The van der Waals surface area contributed by atoms with Crippen LogP contribution in [-0.4, -0.2) is 26.3 Å². The molecule has 81 valence electrons. The van der Waals surface area contributed by atoms with Gasteiger partial charge in [0.25, 0.3) is 0 Å². The molecule has 0 N–H and O–H groups in total. The Hall–Kier alpha value is -1.22. The molecule has 0 aliphatic carbocycles. The number of nitrogens with zero attached hydrogens (tertiary/aromatic N) is 1. The summed E-state index contributed by atoms with van der Waals surface area (Å²) in [7, 11) is 1.67. The van der Waals surface area contributed by atoms with Crippen LogP contribution in [0.25, 0.3) is 0 Å². The predicted molar refractivity (Wildman–Crippen MR) is 58.5 cm³/mol. The number of piperidine rings is 1. The lowest BCUT2D eigenvalue weighted by Crippen LogP contribution is -2.30. The predicted octanol–water partition coefficient (Wildman–Crippen LogP) is 1.84. The molecule has 0 bridgehead atoms. The maximum Gasteiger partial charge on any atom is 0.123 e. The Morgan fingerprint density at radius 3 is 2.67 bits per heavy atom. The van der Waals surface area contributed by atoms with E-state index in [1.54, 1.807) is 7.11 Å². The molecular formula is C12H16NO2. The standard InChI is InChI=1S/C12H16NO2/c1-14-11-3-2-4-12(9-11)15-10-5-7-13-8-6-10/h2-4,9-10H,5-8H2,1H3. The van der Waals surface area contributed by atoms with Gasteiger partial charge in [-0.25, -0.2) is 5.32 Å². The fourth-order valence-electron chi connectivity index (χ4n) is 1.71. The normalized spacial score (nSPS) is 17.4. The van der Waals surface area contributed by atoms with Crippen molar-refractivity contribution in [3.63, 3.8) is 0 Å². The molecule has 1 fully saturated rings. The minimum atomic E-state index is 0.314. The SMILES string of the molecule is COc1cccc(OC2CC[N]CC2)c1. The second-order valence-corrected chi connectivity index (χ2v) is 3.67. The summed E-state index contributed by atoms with van der Waals surface area (Å²) >= 11 is 0. The Morgan fingerprint density at radius 2 is 1.93 bits per heavy atom. The van der Waals surface area contributed by atoms with Crippen molar-refractivity contribution in [3.05, 3.63) is 24.3 Å². The Bertz CT molecular complexity index is 308. The third-order valence-electron chi connectivity index (χ3n) is 2.56. The van der Waals surface area contributed by atoms with Gasteiger partial charge in [0.05, 0.1) is 7.11 Å². The number of benzene rings is 1. The van der Waals surface area contributed by atoms with Crippen LogP contribution in [0.5, 0.6) is 11.5 Å². The van der Waals surface area contributed by atoms with Crippen molar-refractivity contribution in [2.24, 2.45) is 0 Å². The second kappa shape index (κ2) is 5.03. The highest BCUT2D eigenvalue weighted by atomic mass is 16.5. The van der Waals surface area contributed by atoms with Crippen LogP contribution in [0.3, 0.4) is 0 Å². The summed E-state index contributed by atoms with van der Waals surface area (Å²) < 4.78 is 11.0. The van der Waals surface area contributed by atoms with Gasteiger partial charge in [0.1, 0.15) is 17.6 Å². The maximum atomic E-state index is 5.86. The van der Waals surface area contributed by atoms with Crippen molar-refractivity contribution in [2.75, 3.05) is 20.2 Å². The Labute approximate surface area is 90.4 Å². The van der Waals surface area contributed by atoms with Gasteiger partial charge in [-0.3, -0.25) is 0 Å². The van der Waals surface area contributed by atoms with Gasteiger partial charge in [0.15, 0.2) is 0 Å². The molecule has 3 nitrogen and oxygen atoms in total. The van der Waals surface area contributed by atoms with E-state index < -0.39 is 0 Å². The third kappa shape index (κ3) is 2.86. The number of ether oxygens (including phenoxy) is 2. The summed E-state index contributed by atoms with van der Waals surface area (Å²) in [6, 6.07) is 7.75. The lowest BCUT2D eigenvalue weighted by atomic mass is 10.1. The first-order valence-corrected chi connectivity index (χ1v) is 5.32. The third-order valence-corrected chi connectivity index (χ3v) is 2.56.